The molecule has 1 aromatic carbocycles. The second kappa shape index (κ2) is 8.68. The van der Waals surface area contributed by atoms with Gasteiger partial charge in [-0.25, -0.2) is 0 Å². The van der Waals surface area contributed by atoms with Crippen LogP contribution in [-0.2, 0) is 15.5 Å². The maximum absolute atomic E-state index is 13.1. The number of carboxylic acids is 1. The highest BCUT2D eigenvalue weighted by Gasteiger charge is 2.56. The SMILES string of the molecule is CC(C)[C@@H]1CC[C@@H](C)C[C@H]1[C@](C(=O)O)(c1ccc(CBr)cc1)C1CCCC1. The predicted octanol–water partition coefficient (Wildman–Crippen LogP) is 6.80. The molecule has 2 fully saturated rings. The van der Waals surface area contributed by atoms with Crippen molar-refractivity contribution < 1.29 is 9.90 Å². The van der Waals surface area contributed by atoms with Crippen LogP contribution in [-0.4, -0.2) is 11.1 Å². The van der Waals surface area contributed by atoms with Gasteiger partial charge in [-0.1, -0.05) is 80.2 Å². The molecule has 27 heavy (non-hydrogen) atoms. The number of rotatable bonds is 6. The summed E-state index contributed by atoms with van der Waals surface area (Å²) in [5.41, 5.74) is 1.53. The van der Waals surface area contributed by atoms with Gasteiger partial charge in [-0.2, -0.15) is 0 Å². The average Bonchev–Trinajstić information content (AvgIpc) is 3.17. The quantitative estimate of drug-likeness (QED) is 0.499. The first-order chi connectivity index (χ1) is 12.9. The zero-order valence-electron chi connectivity index (χ0n) is 17.1. The van der Waals surface area contributed by atoms with Crippen molar-refractivity contribution in [3.63, 3.8) is 0 Å². The van der Waals surface area contributed by atoms with Gasteiger partial charge in [0, 0.05) is 5.33 Å². The molecule has 0 aliphatic heterocycles. The molecule has 3 heteroatoms. The van der Waals surface area contributed by atoms with Gasteiger partial charge in [0.1, 0.15) is 0 Å². The summed E-state index contributed by atoms with van der Waals surface area (Å²) in [4.78, 5) is 13.1. The van der Waals surface area contributed by atoms with Crippen molar-refractivity contribution in [1.82, 2.24) is 0 Å². The molecule has 0 amide bonds. The Morgan fingerprint density at radius 3 is 2.30 bits per heavy atom. The van der Waals surface area contributed by atoms with E-state index in [4.69, 9.17) is 0 Å². The lowest BCUT2D eigenvalue weighted by Crippen LogP contribution is -2.53. The standard InChI is InChI=1S/C24H35BrO2/c1-16(2)21-13-8-17(3)14-22(21)24(23(26)27,19-6-4-5-7-19)20-11-9-18(15-25)10-12-20/h9-12,16-17,19,21-22H,4-8,13-15H2,1-3H3,(H,26,27)/t17-,21+,22-,24-/m1/s1. The van der Waals surface area contributed by atoms with Crippen molar-refractivity contribution in [2.45, 2.75) is 76.5 Å². The zero-order valence-corrected chi connectivity index (χ0v) is 18.7. The van der Waals surface area contributed by atoms with Crippen LogP contribution in [0.25, 0.3) is 0 Å². The minimum Gasteiger partial charge on any atom is -0.481 e. The molecule has 0 heterocycles. The number of halogens is 1. The van der Waals surface area contributed by atoms with E-state index in [-0.39, 0.29) is 11.8 Å². The monoisotopic (exact) mass is 434 g/mol. The Balaban J connectivity index is 2.16. The number of carbonyl (C=O) groups is 1. The molecule has 0 saturated heterocycles. The van der Waals surface area contributed by atoms with Crippen molar-refractivity contribution >= 4 is 21.9 Å². The topological polar surface area (TPSA) is 37.3 Å². The van der Waals surface area contributed by atoms with Crippen LogP contribution in [0.5, 0.6) is 0 Å². The van der Waals surface area contributed by atoms with Gasteiger partial charge in [0.15, 0.2) is 0 Å². The van der Waals surface area contributed by atoms with E-state index in [0.717, 1.165) is 30.2 Å². The second-order valence-corrected chi connectivity index (χ2v) is 9.98. The summed E-state index contributed by atoms with van der Waals surface area (Å²) < 4.78 is 0. The van der Waals surface area contributed by atoms with Gasteiger partial charge in [-0.3, -0.25) is 4.79 Å². The maximum atomic E-state index is 13.1. The fourth-order valence-corrected chi connectivity index (χ4v) is 6.56. The molecular formula is C24H35BrO2. The largest absolute Gasteiger partial charge is 0.481 e. The second-order valence-electron chi connectivity index (χ2n) is 9.42. The van der Waals surface area contributed by atoms with Crippen molar-refractivity contribution in [2.24, 2.45) is 29.6 Å². The van der Waals surface area contributed by atoms with E-state index < -0.39 is 11.4 Å². The lowest BCUT2D eigenvalue weighted by atomic mass is 9.52. The first kappa shape index (κ1) is 20.9. The van der Waals surface area contributed by atoms with Crippen LogP contribution >= 0.6 is 15.9 Å². The summed E-state index contributed by atoms with van der Waals surface area (Å²) in [5, 5.41) is 11.6. The number of hydrogen-bond acceptors (Lipinski definition) is 1. The lowest BCUT2D eigenvalue weighted by molar-refractivity contribution is -0.153. The molecule has 0 spiro atoms. The maximum Gasteiger partial charge on any atom is 0.314 e. The summed E-state index contributed by atoms with van der Waals surface area (Å²) in [5.74, 6) is 1.56. The molecule has 1 N–H and O–H groups in total. The van der Waals surface area contributed by atoms with Gasteiger partial charge in [-0.05, 0) is 66.4 Å². The predicted molar refractivity (Wildman–Crippen MR) is 115 cm³/mol. The van der Waals surface area contributed by atoms with E-state index >= 15 is 0 Å². The molecule has 150 valence electrons. The van der Waals surface area contributed by atoms with E-state index in [0.29, 0.717) is 17.8 Å². The molecule has 1 aromatic rings. The number of benzene rings is 1. The fraction of sp³-hybridized carbons (Fsp3) is 0.708. The normalized spacial score (nSPS) is 29.0. The lowest BCUT2D eigenvalue weighted by Gasteiger charge is -2.50. The molecular weight excluding hydrogens is 400 g/mol. The highest BCUT2D eigenvalue weighted by Crippen LogP contribution is 2.55. The van der Waals surface area contributed by atoms with Crippen LogP contribution in [0.1, 0.15) is 76.8 Å². The van der Waals surface area contributed by atoms with E-state index in [1.54, 1.807) is 0 Å². The number of alkyl halides is 1. The summed E-state index contributed by atoms with van der Waals surface area (Å²) in [6, 6.07) is 8.49. The van der Waals surface area contributed by atoms with Crippen LogP contribution in [0, 0.1) is 29.6 Å². The number of carboxylic acid groups (broad SMARTS) is 1. The Labute approximate surface area is 173 Å². The Kier molecular flexibility index (Phi) is 6.71. The smallest absolute Gasteiger partial charge is 0.314 e. The number of hydrogen-bond donors (Lipinski definition) is 1. The van der Waals surface area contributed by atoms with Gasteiger partial charge in [0.25, 0.3) is 0 Å². The van der Waals surface area contributed by atoms with E-state index in [1.807, 2.05) is 0 Å². The third kappa shape index (κ3) is 3.86. The minimum atomic E-state index is -0.731. The first-order valence-corrected chi connectivity index (χ1v) is 11.9. The average molecular weight is 435 g/mol. The molecule has 2 aliphatic rings. The highest BCUT2D eigenvalue weighted by molar-refractivity contribution is 9.08. The summed E-state index contributed by atoms with van der Waals surface area (Å²) in [6.45, 7) is 6.91. The Hall–Kier alpha value is -0.830. The molecule has 0 aromatic heterocycles. The van der Waals surface area contributed by atoms with Crippen LogP contribution in [0.2, 0.25) is 0 Å². The van der Waals surface area contributed by atoms with Crippen LogP contribution < -0.4 is 0 Å². The minimum absolute atomic E-state index is 0.233. The van der Waals surface area contributed by atoms with Gasteiger partial charge < -0.3 is 5.11 Å². The molecule has 2 nitrogen and oxygen atoms in total. The Bertz CT molecular complexity index is 632. The van der Waals surface area contributed by atoms with Crippen LogP contribution in [0.4, 0.5) is 0 Å². The molecule has 3 rings (SSSR count). The third-order valence-corrected chi connectivity index (χ3v) is 8.19. The summed E-state index contributed by atoms with van der Waals surface area (Å²) >= 11 is 3.52. The van der Waals surface area contributed by atoms with Gasteiger partial charge in [-0.15, -0.1) is 0 Å². The van der Waals surface area contributed by atoms with Crippen LogP contribution in [0.15, 0.2) is 24.3 Å². The van der Waals surface area contributed by atoms with Crippen molar-refractivity contribution in [3.8, 4) is 0 Å². The molecule has 0 unspecified atom stereocenters. The van der Waals surface area contributed by atoms with Crippen molar-refractivity contribution in [3.05, 3.63) is 35.4 Å². The summed E-state index contributed by atoms with van der Waals surface area (Å²) in [6.07, 6.45) is 7.92. The van der Waals surface area contributed by atoms with Gasteiger partial charge in [0.05, 0.1) is 5.41 Å². The van der Waals surface area contributed by atoms with E-state index in [9.17, 15) is 9.90 Å². The fourth-order valence-electron chi connectivity index (χ4n) is 6.19. The Morgan fingerprint density at radius 1 is 1.15 bits per heavy atom. The van der Waals surface area contributed by atoms with E-state index in [2.05, 4.69) is 61.0 Å². The molecule has 0 radical (unpaired) electrons. The zero-order chi connectivity index (χ0) is 19.6. The van der Waals surface area contributed by atoms with Gasteiger partial charge in [0.2, 0.25) is 0 Å². The van der Waals surface area contributed by atoms with Crippen molar-refractivity contribution in [1.29, 1.82) is 0 Å². The van der Waals surface area contributed by atoms with Crippen LogP contribution in [0.3, 0.4) is 0 Å². The molecule has 0 bridgehead atoms. The molecule has 2 aliphatic carbocycles. The molecule has 2 saturated carbocycles. The highest BCUT2D eigenvalue weighted by atomic mass is 79.9. The van der Waals surface area contributed by atoms with Crippen molar-refractivity contribution in [2.75, 3.05) is 0 Å². The number of aliphatic carboxylic acids is 1. The Morgan fingerprint density at radius 2 is 1.78 bits per heavy atom. The van der Waals surface area contributed by atoms with E-state index in [1.165, 1.54) is 31.2 Å². The third-order valence-electron chi connectivity index (χ3n) is 7.55. The first-order valence-electron chi connectivity index (χ1n) is 10.8. The summed E-state index contributed by atoms with van der Waals surface area (Å²) in [7, 11) is 0. The van der Waals surface area contributed by atoms with Gasteiger partial charge >= 0.3 is 5.97 Å². The molecule has 4 atom stereocenters.